The zero-order valence-electron chi connectivity index (χ0n) is 15.0. The summed E-state index contributed by atoms with van der Waals surface area (Å²) in [5.74, 6) is -0.636. The van der Waals surface area contributed by atoms with E-state index in [9.17, 15) is 9.59 Å². The highest BCUT2D eigenvalue weighted by molar-refractivity contribution is 6.02. The Morgan fingerprint density at radius 3 is 2.62 bits per heavy atom. The Bertz CT molecular complexity index is 802. The molecular weight excluding hydrogens is 328 g/mol. The number of amides is 1. The molecule has 1 aliphatic rings. The molecule has 0 spiro atoms. The summed E-state index contributed by atoms with van der Waals surface area (Å²) in [6, 6.07) is 13.1. The van der Waals surface area contributed by atoms with Crippen molar-refractivity contribution < 1.29 is 14.3 Å². The number of aryl methyl sites for hydroxylation is 1. The molecule has 1 amide bonds. The van der Waals surface area contributed by atoms with Gasteiger partial charge in [0.25, 0.3) is 0 Å². The molecule has 0 saturated carbocycles. The molecule has 0 saturated heterocycles. The van der Waals surface area contributed by atoms with Crippen LogP contribution in [0.3, 0.4) is 0 Å². The molecule has 0 bridgehead atoms. The molecule has 0 radical (unpaired) electrons. The maximum absolute atomic E-state index is 12.4. The number of fused-ring (bicyclic) bond motifs is 1. The van der Waals surface area contributed by atoms with Gasteiger partial charge < -0.3 is 15.4 Å². The average molecular weight is 352 g/mol. The van der Waals surface area contributed by atoms with Crippen molar-refractivity contribution in [3.8, 4) is 0 Å². The number of hydrogen-bond acceptors (Lipinski definition) is 4. The fourth-order valence-electron chi connectivity index (χ4n) is 3.30. The van der Waals surface area contributed by atoms with Gasteiger partial charge in [0.15, 0.2) is 0 Å². The normalized spacial score (nSPS) is 12.8. The molecule has 0 atom stereocenters. The summed E-state index contributed by atoms with van der Waals surface area (Å²) in [5, 5.41) is 6.04. The first-order valence-corrected chi connectivity index (χ1v) is 9.09. The molecule has 0 fully saturated rings. The number of hydrogen-bond donors (Lipinski definition) is 2. The minimum absolute atomic E-state index is 0.146. The Balaban J connectivity index is 1.65. The summed E-state index contributed by atoms with van der Waals surface area (Å²) in [7, 11) is 0. The number of carbonyl (C=O) groups is 2. The van der Waals surface area contributed by atoms with Crippen LogP contribution in [0, 0.1) is 0 Å². The van der Waals surface area contributed by atoms with Crippen LogP contribution >= 0.6 is 0 Å². The van der Waals surface area contributed by atoms with Gasteiger partial charge in [-0.25, -0.2) is 4.79 Å². The van der Waals surface area contributed by atoms with E-state index in [1.807, 2.05) is 12.1 Å². The third kappa shape index (κ3) is 4.23. The standard InChI is InChI=1S/C21H24N2O3/c1-2-26-21(25)17-11-5-6-12-19(17)23-20(24)14-22-18-13-7-9-15-8-3-4-10-16(15)18/h5-7,9,11-13,22H,2-4,8,10,14H2,1H3,(H,23,24). The molecule has 2 N–H and O–H groups in total. The maximum Gasteiger partial charge on any atom is 0.340 e. The van der Waals surface area contributed by atoms with Gasteiger partial charge in [-0.3, -0.25) is 4.79 Å². The molecule has 0 heterocycles. The van der Waals surface area contributed by atoms with Crippen molar-refractivity contribution in [2.24, 2.45) is 0 Å². The monoisotopic (exact) mass is 352 g/mol. The van der Waals surface area contributed by atoms with E-state index in [0.29, 0.717) is 17.9 Å². The molecule has 0 unspecified atom stereocenters. The van der Waals surface area contributed by atoms with E-state index in [2.05, 4.69) is 16.7 Å². The SMILES string of the molecule is CCOC(=O)c1ccccc1NC(=O)CNc1cccc2c1CCCC2. The Kier molecular flexibility index (Phi) is 5.89. The summed E-state index contributed by atoms with van der Waals surface area (Å²) >= 11 is 0. The van der Waals surface area contributed by atoms with Gasteiger partial charge in [-0.1, -0.05) is 24.3 Å². The highest BCUT2D eigenvalue weighted by Crippen LogP contribution is 2.27. The zero-order valence-corrected chi connectivity index (χ0v) is 15.0. The van der Waals surface area contributed by atoms with Crippen LogP contribution in [0.2, 0.25) is 0 Å². The van der Waals surface area contributed by atoms with Gasteiger partial charge in [0.05, 0.1) is 24.4 Å². The number of ether oxygens (including phenoxy) is 1. The lowest BCUT2D eigenvalue weighted by Gasteiger charge is -2.20. The molecule has 136 valence electrons. The van der Waals surface area contributed by atoms with E-state index in [0.717, 1.165) is 18.5 Å². The van der Waals surface area contributed by atoms with Crippen LogP contribution in [0.5, 0.6) is 0 Å². The van der Waals surface area contributed by atoms with E-state index >= 15 is 0 Å². The molecular formula is C21H24N2O3. The first kappa shape index (κ1) is 18.0. The van der Waals surface area contributed by atoms with Gasteiger partial charge in [0.1, 0.15) is 0 Å². The smallest absolute Gasteiger partial charge is 0.340 e. The van der Waals surface area contributed by atoms with Crippen LogP contribution in [0.25, 0.3) is 0 Å². The lowest BCUT2D eigenvalue weighted by molar-refractivity contribution is -0.114. The Morgan fingerprint density at radius 1 is 1.00 bits per heavy atom. The number of para-hydroxylation sites is 1. The van der Waals surface area contributed by atoms with Gasteiger partial charge in [0.2, 0.25) is 5.91 Å². The maximum atomic E-state index is 12.4. The van der Waals surface area contributed by atoms with E-state index in [1.54, 1.807) is 31.2 Å². The minimum Gasteiger partial charge on any atom is -0.462 e. The van der Waals surface area contributed by atoms with E-state index in [-0.39, 0.29) is 12.5 Å². The van der Waals surface area contributed by atoms with Crippen molar-refractivity contribution >= 4 is 23.3 Å². The number of benzene rings is 2. The summed E-state index contributed by atoms with van der Waals surface area (Å²) < 4.78 is 5.04. The molecule has 2 aromatic carbocycles. The molecule has 1 aliphatic carbocycles. The first-order valence-electron chi connectivity index (χ1n) is 9.09. The molecule has 3 rings (SSSR count). The number of carbonyl (C=O) groups excluding carboxylic acids is 2. The fraction of sp³-hybridized carbons (Fsp3) is 0.333. The van der Waals surface area contributed by atoms with Crippen molar-refractivity contribution in [2.45, 2.75) is 32.6 Å². The van der Waals surface area contributed by atoms with E-state index < -0.39 is 5.97 Å². The third-order valence-corrected chi connectivity index (χ3v) is 4.53. The second kappa shape index (κ2) is 8.52. The summed E-state index contributed by atoms with van der Waals surface area (Å²) in [6.45, 7) is 2.19. The summed E-state index contributed by atoms with van der Waals surface area (Å²) in [4.78, 5) is 24.4. The van der Waals surface area contributed by atoms with Gasteiger partial charge in [-0.15, -0.1) is 0 Å². The van der Waals surface area contributed by atoms with Crippen LogP contribution < -0.4 is 10.6 Å². The summed E-state index contributed by atoms with van der Waals surface area (Å²) in [5.41, 5.74) is 4.54. The first-order chi connectivity index (χ1) is 12.7. The number of rotatable bonds is 6. The Labute approximate surface area is 153 Å². The highest BCUT2D eigenvalue weighted by atomic mass is 16.5. The lowest BCUT2D eigenvalue weighted by atomic mass is 9.90. The zero-order chi connectivity index (χ0) is 18.4. The topological polar surface area (TPSA) is 67.4 Å². The van der Waals surface area contributed by atoms with Crippen LogP contribution in [0.4, 0.5) is 11.4 Å². The number of esters is 1. The molecule has 5 nitrogen and oxygen atoms in total. The molecule has 26 heavy (non-hydrogen) atoms. The van der Waals surface area contributed by atoms with Gasteiger partial charge >= 0.3 is 5.97 Å². The second-order valence-corrected chi connectivity index (χ2v) is 6.32. The second-order valence-electron chi connectivity index (χ2n) is 6.32. The van der Waals surface area contributed by atoms with Crippen molar-refractivity contribution in [1.82, 2.24) is 0 Å². The Hall–Kier alpha value is -2.82. The predicted octanol–water partition coefficient (Wildman–Crippen LogP) is 3.79. The molecule has 2 aromatic rings. The average Bonchev–Trinajstić information content (AvgIpc) is 2.67. The van der Waals surface area contributed by atoms with E-state index in [4.69, 9.17) is 4.74 Å². The van der Waals surface area contributed by atoms with Crippen LogP contribution in [0.15, 0.2) is 42.5 Å². The van der Waals surface area contributed by atoms with Crippen LogP contribution in [-0.4, -0.2) is 25.0 Å². The molecule has 5 heteroatoms. The van der Waals surface area contributed by atoms with E-state index in [1.165, 1.54) is 24.0 Å². The molecule has 0 aromatic heterocycles. The Morgan fingerprint density at radius 2 is 1.77 bits per heavy atom. The predicted molar refractivity (Wildman–Crippen MR) is 103 cm³/mol. The fourth-order valence-corrected chi connectivity index (χ4v) is 3.30. The van der Waals surface area contributed by atoms with Gasteiger partial charge in [-0.2, -0.15) is 0 Å². The van der Waals surface area contributed by atoms with Gasteiger partial charge in [-0.05, 0) is 61.9 Å². The minimum atomic E-state index is -0.437. The quantitative estimate of drug-likeness (QED) is 0.776. The van der Waals surface area contributed by atoms with Crippen LogP contribution in [0.1, 0.15) is 41.3 Å². The lowest BCUT2D eigenvalue weighted by Crippen LogP contribution is -2.24. The highest BCUT2D eigenvalue weighted by Gasteiger charge is 2.15. The van der Waals surface area contributed by atoms with Crippen molar-refractivity contribution in [2.75, 3.05) is 23.8 Å². The molecule has 0 aliphatic heterocycles. The van der Waals surface area contributed by atoms with Crippen molar-refractivity contribution in [1.29, 1.82) is 0 Å². The van der Waals surface area contributed by atoms with Crippen LogP contribution in [-0.2, 0) is 22.4 Å². The van der Waals surface area contributed by atoms with Crippen molar-refractivity contribution in [3.63, 3.8) is 0 Å². The number of nitrogens with one attached hydrogen (secondary N) is 2. The number of anilines is 2. The largest absolute Gasteiger partial charge is 0.462 e. The third-order valence-electron chi connectivity index (χ3n) is 4.53. The van der Waals surface area contributed by atoms with Gasteiger partial charge in [0, 0.05) is 5.69 Å². The van der Waals surface area contributed by atoms with Crippen molar-refractivity contribution in [3.05, 3.63) is 59.2 Å². The summed E-state index contributed by atoms with van der Waals surface area (Å²) in [6.07, 6.45) is 4.56.